The van der Waals surface area contributed by atoms with Crippen molar-refractivity contribution in [2.45, 2.75) is 153 Å². The van der Waals surface area contributed by atoms with Crippen LogP contribution in [0.4, 0.5) is 20.3 Å². The number of likely N-dealkylation sites (tertiary alicyclic amines) is 1. The second-order valence-electron chi connectivity index (χ2n) is 19.4. The molecule has 6 heterocycles. The first-order valence-corrected chi connectivity index (χ1v) is 23.9. The van der Waals surface area contributed by atoms with Gasteiger partial charge in [0.2, 0.25) is 0 Å². The van der Waals surface area contributed by atoms with E-state index in [0.717, 1.165) is 99.8 Å². The zero-order chi connectivity index (χ0) is 46.3. The number of amides is 1. The minimum absolute atomic E-state index is 0.0209. The van der Waals surface area contributed by atoms with Crippen LogP contribution in [0.3, 0.4) is 0 Å². The maximum absolute atomic E-state index is 14.3. The molecule has 5 N–H and O–H groups in total. The van der Waals surface area contributed by atoms with Gasteiger partial charge in [-0.2, -0.15) is 15.3 Å². The minimum Gasteiger partial charge on any atom is -0.489 e. The highest BCUT2D eigenvalue weighted by atomic mass is 19.3. The molecule has 2 saturated heterocycles. The summed E-state index contributed by atoms with van der Waals surface area (Å²) in [4.78, 5) is 22.7. The van der Waals surface area contributed by atoms with E-state index in [4.69, 9.17) is 14.6 Å². The smallest absolute Gasteiger partial charge is 0.284 e. The van der Waals surface area contributed by atoms with Gasteiger partial charge in [0.15, 0.2) is 11.3 Å². The highest BCUT2D eigenvalue weighted by Gasteiger charge is 2.45. The summed E-state index contributed by atoms with van der Waals surface area (Å²) in [7, 11) is 0. The van der Waals surface area contributed by atoms with E-state index in [1.54, 1.807) is 23.9 Å². The van der Waals surface area contributed by atoms with Crippen LogP contribution in [0.1, 0.15) is 132 Å². The van der Waals surface area contributed by atoms with E-state index in [0.29, 0.717) is 37.7 Å². The molecule has 4 fully saturated rings. The Labute approximate surface area is 383 Å². The Hall–Kier alpha value is -4.79. The second-order valence-corrected chi connectivity index (χ2v) is 19.4. The lowest BCUT2D eigenvalue weighted by Gasteiger charge is -2.47. The molecule has 9 rings (SSSR count). The second kappa shape index (κ2) is 19.4. The number of rotatable bonds is 16. The number of alkyl halides is 2. The molecule has 2 aliphatic heterocycles. The van der Waals surface area contributed by atoms with E-state index in [-0.39, 0.29) is 46.8 Å². The van der Waals surface area contributed by atoms with Crippen LogP contribution in [-0.2, 0) is 4.74 Å². The number of piperidine rings is 2. The molecule has 0 radical (unpaired) electrons. The average molecular weight is 918 g/mol. The van der Waals surface area contributed by atoms with Crippen LogP contribution in [0.15, 0.2) is 42.9 Å². The van der Waals surface area contributed by atoms with Crippen LogP contribution < -0.4 is 20.3 Å². The van der Waals surface area contributed by atoms with E-state index in [9.17, 15) is 28.9 Å². The van der Waals surface area contributed by atoms with Crippen molar-refractivity contribution in [2.75, 3.05) is 42.9 Å². The van der Waals surface area contributed by atoms with Crippen molar-refractivity contribution < 1.29 is 38.4 Å². The lowest BCUT2D eigenvalue weighted by atomic mass is 9.78. The van der Waals surface area contributed by atoms with E-state index in [2.05, 4.69) is 37.6 Å². The predicted molar refractivity (Wildman–Crippen MR) is 244 cm³/mol. The summed E-state index contributed by atoms with van der Waals surface area (Å²) in [6.45, 7) is 11.9. The molecule has 5 aromatic rings. The number of nitrogens with one attached hydrogen (secondary N) is 2. The molecule has 0 bridgehead atoms. The fourth-order valence-electron chi connectivity index (χ4n) is 10.8. The third-order valence-electron chi connectivity index (χ3n) is 14.1. The fourth-order valence-corrected chi connectivity index (χ4v) is 10.8. The topological polar surface area (TPSA) is 193 Å². The van der Waals surface area contributed by atoms with Crippen molar-refractivity contribution in [1.82, 2.24) is 44.4 Å². The quantitative estimate of drug-likeness (QED) is 0.0759. The van der Waals surface area contributed by atoms with E-state index in [1.165, 1.54) is 16.9 Å². The number of hydrogen-bond acceptors (Lipinski definition) is 13. The van der Waals surface area contributed by atoms with Gasteiger partial charge in [0.25, 0.3) is 12.3 Å². The van der Waals surface area contributed by atoms with E-state index in [1.807, 2.05) is 41.6 Å². The maximum atomic E-state index is 14.3. The number of halogens is 2. The van der Waals surface area contributed by atoms with Gasteiger partial charge in [-0.1, -0.05) is 13.0 Å². The van der Waals surface area contributed by atoms with Crippen molar-refractivity contribution in [2.24, 2.45) is 5.92 Å². The van der Waals surface area contributed by atoms with Crippen LogP contribution in [-0.4, -0.2) is 129 Å². The van der Waals surface area contributed by atoms with Gasteiger partial charge in [-0.15, -0.1) is 0 Å². The summed E-state index contributed by atoms with van der Waals surface area (Å²) in [6, 6.07) is 7.40. The summed E-state index contributed by atoms with van der Waals surface area (Å²) in [5.41, 5.74) is 1.46. The van der Waals surface area contributed by atoms with Gasteiger partial charge in [-0.25, -0.2) is 18.3 Å². The predicted octanol–water partition coefficient (Wildman–Crippen LogP) is 6.14. The number of benzene rings is 1. The summed E-state index contributed by atoms with van der Waals surface area (Å²) in [6.07, 6.45) is 8.85. The number of hydrogen-bond donors (Lipinski definition) is 5. The van der Waals surface area contributed by atoms with Gasteiger partial charge in [-0.3, -0.25) is 19.5 Å². The Bertz CT molecular complexity index is 2450. The number of aliphatic hydroxyl groups excluding tert-OH is 3. The number of aromatic nitrogens is 7. The molecular formula is C47H65F2N11O6. The fraction of sp³-hybridized carbons (Fsp3) is 0.638. The first-order valence-electron chi connectivity index (χ1n) is 23.9. The molecule has 0 unspecified atom stereocenters. The Morgan fingerprint density at radius 3 is 2.53 bits per heavy atom. The first kappa shape index (κ1) is 46.3. The average Bonchev–Trinajstić information content (AvgIpc) is 3.99. The highest BCUT2D eigenvalue weighted by Crippen LogP contribution is 2.43. The Morgan fingerprint density at radius 2 is 1.82 bits per heavy atom. The lowest BCUT2D eigenvalue weighted by molar-refractivity contribution is -0.175. The molecule has 0 spiro atoms. The van der Waals surface area contributed by atoms with Crippen molar-refractivity contribution in [3.63, 3.8) is 0 Å². The van der Waals surface area contributed by atoms with Gasteiger partial charge >= 0.3 is 0 Å². The summed E-state index contributed by atoms with van der Waals surface area (Å²) in [5.74, 6) is 1.28. The molecule has 1 aromatic carbocycles. The van der Waals surface area contributed by atoms with Gasteiger partial charge in [0.1, 0.15) is 35.7 Å². The Balaban J connectivity index is 0.733. The van der Waals surface area contributed by atoms with Gasteiger partial charge in [0.05, 0.1) is 58.4 Å². The summed E-state index contributed by atoms with van der Waals surface area (Å²) >= 11 is 0. The minimum atomic E-state index is -2.87. The van der Waals surface area contributed by atoms with Crippen molar-refractivity contribution in [3.8, 4) is 5.75 Å². The first-order chi connectivity index (χ1) is 31.7. The van der Waals surface area contributed by atoms with Crippen LogP contribution in [0.2, 0.25) is 0 Å². The number of aliphatic hydroxyl groups is 3. The normalized spacial score (nSPS) is 27.1. The molecule has 66 heavy (non-hydrogen) atoms. The van der Waals surface area contributed by atoms with Crippen molar-refractivity contribution in [3.05, 3.63) is 59.8 Å². The van der Waals surface area contributed by atoms with Crippen LogP contribution in [0.5, 0.6) is 5.75 Å². The van der Waals surface area contributed by atoms with Crippen molar-refractivity contribution >= 4 is 34.0 Å². The molecule has 17 nitrogen and oxygen atoms in total. The maximum Gasteiger partial charge on any atom is 0.284 e. The number of carbonyl (C=O) groups is 1. The number of ether oxygens (including phenoxy) is 2. The monoisotopic (exact) mass is 918 g/mol. The summed E-state index contributed by atoms with van der Waals surface area (Å²) in [5, 5.41) is 50.4. The van der Waals surface area contributed by atoms with E-state index >= 15 is 0 Å². The largest absolute Gasteiger partial charge is 0.489 e. The van der Waals surface area contributed by atoms with E-state index < -0.39 is 36.6 Å². The third kappa shape index (κ3) is 9.92. The molecule has 358 valence electrons. The molecular weight excluding hydrogens is 853 g/mol. The SMILES string of the molecule is CCCN(C[C@@H](C)O)c1ccn2ncc(C(=O)Nc3cn(C4CCC(CN5CCC(OC6(C)CC(Oc7cccc8c7c(C)nn8[C@@H]7CC[C@@H](O)N[C@@H]7O)C6)CC5)CC4)nc3C(F)F)c2n1. The molecule has 4 atom stereocenters. The zero-order valence-electron chi connectivity index (χ0n) is 38.4. The molecule has 2 saturated carbocycles. The third-order valence-corrected chi connectivity index (χ3v) is 14.1. The van der Waals surface area contributed by atoms with Crippen LogP contribution in [0, 0.1) is 12.8 Å². The molecule has 1 amide bonds. The highest BCUT2D eigenvalue weighted by molar-refractivity contribution is 6.08. The zero-order valence-corrected chi connectivity index (χ0v) is 38.4. The molecule has 19 heteroatoms. The molecule has 4 aromatic heterocycles. The number of carbonyl (C=O) groups excluding carboxylic acids is 1. The van der Waals surface area contributed by atoms with Crippen LogP contribution in [0.25, 0.3) is 16.6 Å². The van der Waals surface area contributed by atoms with Gasteiger partial charge < -0.3 is 39.9 Å². The Kier molecular flexibility index (Phi) is 13.6. The number of fused-ring (bicyclic) bond motifs is 2. The molecule has 2 aliphatic carbocycles. The lowest BCUT2D eigenvalue weighted by Crippen LogP contribution is -2.52. The van der Waals surface area contributed by atoms with Gasteiger partial charge in [0, 0.05) is 58.0 Å². The number of aryl methyl sites for hydroxylation is 1. The number of nitrogens with zero attached hydrogens (tertiary/aromatic N) is 9. The van der Waals surface area contributed by atoms with Gasteiger partial charge in [-0.05, 0) is 103 Å². The molecule has 4 aliphatic rings. The summed E-state index contributed by atoms with van der Waals surface area (Å²) < 4.78 is 46.9. The Morgan fingerprint density at radius 1 is 1.05 bits per heavy atom. The van der Waals surface area contributed by atoms with Crippen molar-refractivity contribution in [1.29, 1.82) is 0 Å². The number of anilines is 2. The standard InChI is InChI=1S/C47H65F2N11O6/c1-5-18-57(25-28(2)61)39-17-21-58-44(52-39)34(24-50-58)45(63)51-35-27-59(55-42(35)43(48)49)31-11-9-30(10-12-31)26-56-19-15-32(16-20-56)66-47(4)22-33(23-47)65-38-8-6-7-36-41(38)29(3)54-60(36)37-13-14-40(62)53-46(37)64/h6-8,17,21,24,27-28,30-33,37,40,43,46,53,61-62,64H,5,9-16,18-20,22-23,25-26H2,1-4H3,(H,51,63)/t28-,30?,31?,33?,37-,40-,46-,47?/m1/s1. The van der Waals surface area contributed by atoms with Crippen LogP contribution >= 0.6 is 0 Å².